The van der Waals surface area contributed by atoms with Gasteiger partial charge in [0, 0.05) is 0 Å². The fourth-order valence-corrected chi connectivity index (χ4v) is 1.83. The van der Waals surface area contributed by atoms with Gasteiger partial charge in [0.2, 0.25) is 0 Å². The van der Waals surface area contributed by atoms with E-state index in [1.54, 1.807) is 19.1 Å². The van der Waals surface area contributed by atoms with Gasteiger partial charge in [-0.15, -0.1) is 5.92 Å². The number of esters is 2. The molecule has 0 bridgehead atoms. The van der Waals surface area contributed by atoms with E-state index in [1.807, 2.05) is 19.9 Å². The molecule has 0 saturated heterocycles. The average Bonchev–Trinajstić information content (AvgIpc) is 2.52. The highest BCUT2D eigenvalue weighted by atomic mass is 16.6. The molecule has 1 aromatic carbocycles. The standard InChI is InChI=1S/C18H22O5/c1-5-7-14(6-2)22-17(19)10-11-18(20)23-16-12-13(3)8-9-15(16)21-4/h8-9,12,14H,6,10-11H2,1-4H3. The van der Waals surface area contributed by atoms with Gasteiger partial charge in [0.15, 0.2) is 17.6 Å². The summed E-state index contributed by atoms with van der Waals surface area (Å²) in [5.41, 5.74) is 0.942. The third kappa shape index (κ3) is 6.43. The van der Waals surface area contributed by atoms with Crippen LogP contribution in [0.2, 0.25) is 0 Å². The van der Waals surface area contributed by atoms with Crippen molar-refractivity contribution in [3.63, 3.8) is 0 Å². The number of aryl methyl sites for hydroxylation is 1. The first-order valence-corrected chi connectivity index (χ1v) is 7.47. The lowest BCUT2D eigenvalue weighted by Crippen LogP contribution is -2.18. The van der Waals surface area contributed by atoms with Crippen molar-refractivity contribution in [2.45, 2.75) is 46.1 Å². The fraction of sp³-hybridized carbons (Fsp3) is 0.444. The summed E-state index contributed by atoms with van der Waals surface area (Å²) >= 11 is 0. The van der Waals surface area contributed by atoms with Crippen LogP contribution in [0.1, 0.15) is 38.7 Å². The maximum atomic E-state index is 11.9. The Kier molecular flexibility index (Phi) is 7.69. The Balaban J connectivity index is 2.52. The van der Waals surface area contributed by atoms with E-state index in [9.17, 15) is 9.59 Å². The van der Waals surface area contributed by atoms with Crippen molar-refractivity contribution in [2.24, 2.45) is 0 Å². The van der Waals surface area contributed by atoms with Crippen LogP contribution in [0.25, 0.3) is 0 Å². The molecule has 0 radical (unpaired) electrons. The molecule has 0 fully saturated rings. The Labute approximate surface area is 136 Å². The summed E-state index contributed by atoms with van der Waals surface area (Å²) < 4.78 is 15.5. The molecular weight excluding hydrogens is 296 g/mol. The molecule has 1 rings (SSSR count). The van der Waals surface area contributed by atoms with Crippen LogP contribution in [-0.2, 0) is 14.3 Å². The molecule has 23 heavy (non-hydrogen) atoms. The summed E-state index contributed by atoms with van der Waals surface area (Å²) in [6.45, 7) is 5.44. The maximum Gasteiger partial charge on any atom is 0.311 e. The lowest BCUT2D eigenvalue weighted by atomic mass is 10.2. The van der Waals surface area contributed by atoms with Gasteiger partial charge in [-0.1, -0.05) is 18.9 Å². The first kappa shape index (κ1) is 18.6. The number of hydrogen-bond acceptors (Lipinski definition) is 5. The van der Waals surface area contributed by atoms with Crippen molar-refractivity contribution in [1.82, 2.24) is 0 Å². The van der Waals surface area contributed by atoms with Crippen LogP contribution >= 0.6 is 0 Å². The highest BCUT2D eigenvalue weighted by Gasteiger charge is 2.15. The molecule has 0 aromatic heterocycles. The first-order valence-electron chi connectivity index (χ1n) is 7.47. The number of carbonyl (C=O) groups is 2. The van der Waals surface area contributed by atoms with E-state index in [2.05, 4.69) is 11.8 Å². The summed E-state index contributed by atoms with van der Waals surface area (Å²) in [5.74, 6) is 5.32. The molecule has 0 amide bonds. The van der Waals surface area contributed by atoms with E-state index >= 15 is 0 Å². The van der Waals surface area contributed by atoms with Gasteiger partial charge in [-0.3, -0.25) is 9.59 Å². The van der Waals surface area contributed by atoms with Crippen LogP contribution in [0.15, 0.2) is 18.2 Å². The second kappa shape index (κ2) is 9.52. The van der Waals surface area contributed by atoms with Gasteiger partial charge in [0.05, 0.1) is 20.0 Å². The van der Waals surface area contributed by atoms with Gasteiger partial charge in [0.25, 0.3) is 0 Å². The molecule has 5 nitrogen and oxygen atoms in total. The Morgan fingerprint density at radius 3 is 2.48 bits per heavy atom. The predicted molar refractivity (Wildman–Crippen MR) is 86.2 cm³/mol. The van der Waals surface area contributed by atoms with E-state index in [1.165, 1.54) is 7.11 Å². The SMILES string of the molecule is CC#CC(CC)OC(=O)CCC(=O)Oc1cc(C)ccc1OC. The van der Waals surface area contributed by atoms with Gasteiger partial charge in [0.1, 0.15) is 0 Å². The summed E-state index contributed by atoms with van der Waals surface area (Å²) in [7, 11) is 1.50. The van der Waals surface area contributed by atoms with Crippen molar-refractivity contribution in [2.75, 3.05) is 7.11 Å². The molecule has 0 aliphatic carbocycles. The quantitative estimate of drug-likeness (QED) is 0.439. The minimum Gasteiger partial charge on any atom is -0.493 e. The number of ether oxygens (including phenoxy) is 3. The highest BCUT2D eigenvalue weighted by Crippen LogP contribution is 2.28. The van der Waals surface area contributed by atoms with E-state index in [0.717, 1.165) is 5.56 Å². The largest absolute Gasteiger partial charge is 0.493 e. The van der Waals surface area contributed by atoms with Gasteiger partial charge in [-0.2, -0.15) is 0 Å². The topological polar surface area (TPSA) is 61.8 Å². The minimum absolute atomic E-state index is 0.0468. The van der Waals surface area contributed by atoms with Crippen LogP contribution in [0.4, 0.5) is 0 Å². The second-order valence-corrected chi connectivity index (χ2v) is 4.91. The normalized spacial score (nSPS) is 11.0. The van der Waals surface area contributed by atoms with Crippen LogP contribution in [0.3, 0.4) is 0 Å². The van der Waals surface area contributed by atoms with Crippen molar-refractivity contribution >= 4 is 11.9 Å². The van der Waals surface area contributed by atoms with Crippen LogP contribution < -0.4 is 9.47 Å². The van der Waals surface area contributed by atoms with Crippen molar-refractivity contribution in [3.05, 3.63) is 23.8 Å². The van der Waals surface area contributed by atoms with E-state index < -0.39 is 18.0 Å². The van der Waals surface area contributed by atoms with Crippen LogP contribution in [-0.4, -0.2) is 25.2 Å². The summed E-state index contributed by atoms with van der Waals surface area (Å²) in [5, 5.41) is 0. The van der Waals surface area contributed by atoms with Gasteiger partial charge in [-0.05, 0) is 38.0 Å². The lowest BCUT2D eigenvalue weighted by molar-refractivity contribution is -0.149. The zero-order valence-electron chi connectivity index (χ0n) is 14.0. The Bertz CT molecular complexity index is 610. The molecule has 1 atom stereocenters. The molecule has 1 unspecified atom stereocenters. The molecule has 0 N–H and O–H groups in total. The van der Waals surface area contributed by atoms with Crippen molar-refractivity contribution < 1.29 is 23.8 Å². The summed E-state index contributed by atoms with van der Waals surface area (Å²) in [4.78, 5) is 23.6. The second-order valence-electron chi connectivity index (χ2n) is 4.91. The minimum atomic E-state index is -0.513. The van der Waals surface area contributed by atoms with Gasteiger partial charge < -0.3 is 14.2 Å². The Morgan fingerprint density at radius 1 is 1.17 bits per heavy atom. The number of hydrogen-bond donors (Lipinski definition) is 0. The molecule has 0 spiro atoms. The molecule has 0 heterocycles. The molecule has 124 valence electrons. The number of methoxy groups -OCH3 is 1. The predicted octanol–water partition coefficient (Wildman–Crippen LogP) is 3.03. The monoisotopic (exact) mass is 318 g/mol. The molecule has 0 aliphatic rings. The molecule has 5 heteroatoms. The van der Waals surface area contributed by atoms with Crippen LogP contribution in [0, 0.1) is 18.8 Å². The van der Waals surface area contributed by atoms with E-state index in [4.69, 9.17) is 14.2 Å². The molecular formula is C18H22O5. The fourth-order valence-electron chi connectivity index (χ4n) is 1.83. The van der Waals surface area contributed by atoms with Crippen molar-refractivity contribution in [3.8, 4) is 23.3 Å². The Morgan fingerprint density at radius 2 is 1.87 bits per heavy atom. The third-order valence-electron chi connectivity index (χ3n) is 3.03. The van der Waals surface area contributed by atoms with E-state index in [-0.39, 0.29) is 12.8 Å². The first-order chi connectivity index (χ1) is 11.0. The van der Waals surface area contributed by atoms with E-state index in [0.29, 0.717) is 17.9 Å². The summed E-state index contributed by atoms with van der Waals surface area (Å²) in [6, 6.07) is 5.29. The highest BCUT2D eigenvalue weighted by molar-refractivity contribution is 5.79. The maximum absolute atomic E-state index is 11.9. The number of carbonyl (C=O) groups excluding carboxylic acids is 2. The van der Waals surface area contributed by atoms with Gasteiger partial charge in [-0.25, -0.2) is 0 Å². The zero-order valence-corrected chi connectivity index (χ0v) is 14.0. The number of benzene rings is 1. The lowest BCUT2D eigenvalue weighted by Gasteiger charge is -2.11. The summed E-state index contributed by atoms with van der Waals surface area (Å²) in [6.07, 6.45) is 0.0681. The average molecular weight is 318 g/mol. The van der Waals surface area contributed by atoms with Crippen molar-refractivity contribution in [1.29, 1.82) is 0 Å². The van der Waals surface area contributed by atoms with Crippen LogP contribution in [0.5, 0.6) is 11.5 Å². The third-order valence-corrected chi connectivity index (χ3v) is 3.03. The molecule has 0 saturated carbocycles. The van der Waals surface area contributed by atoms with Gasteiger partial charge >= 0.3 is 11.9 Å². The smallest absolute Gasteiger partial charge is 0.311 e. The Hall–Kier alpha value is -2.48. The molecule has 0 aliphatic heterocycles. The zero-order chi connectivity index (χ0) is 17.2. The number of rotatable bonds is 7. The molecule has 1 aromatic rings.